The molecule has 0 aliphatic rings. The van der Waals surface area contributed by atoms with Crippen LogP contribution in [0, 0.1) is 17.0 Å². The van der Waals surface area contributed by atoms with Crippen molar-refractivity contribution in [2.75, 3.05) is 0 Å². The number of nitrogens with one attached hydrogen (secondary N) is 1. The van der Waals surface area contributed by atoms with Crippen molar-refractivity contribution in [3.8, 4) is 10.6 Å². The number of nitrogens with zero attached hydrogens (tertiary/aromatic N) is 2. The number of nitro benzene ring substituents is 1. The first-order chi connectivity index (χ1) is 12.5. The molecule has 3 rings (SSSR count). The van der Waals surface area contributed by atoms with Crippen LogP contribution in [-0.4, -0.2) is 15.8 Å². The van der Waals surface area contributed by atoms with Gasteiger partial charge in [-0.25, -0.2) is 4.98 Å². The van der Waals surface area contributed by atoms with Gasteiger partial charge in [-0.05, 0) is 24.6 Å². The van der Waals surface area contributed by atoms with Gasteiger partial charge in [0.15, 0.2) is 0 Å². The van der Waals surface area contributed by atoms with E-state index in [1.54, 1.807) is 0 Å². The molecule has 0 aliphatic carbocycles. The van der Waals surface area contributed by atoms with Crippen LogP contribution in [0.1, 0.15) is 21.6 Å². The molecule has 2 aromatic carbocycles. The van der Waals surface area contributed by atoms with Gasteiger partial charge in [0.05, 0.1) is 17.2 Å². The Morgan fingerprint density at radius 2 is 2.08 bits per heavy atom. The largest absolute Gasteiger partial charge is 0.346 e. The third-order valence-electron chi connectivity index (χ3n) is 3.76. The van der Waals surface area contributed by atoms with Crippen LogP contribution in [0.5, 0.6) is 0 Å². The van der Waals surface area contributed by atoms with Crippen LogP contribution in [-0.2, 0) is 6.54 Å². The van der Waals surface area contributed by atoms with Gasteiger partial charge in [0.25, 0.3) is 11.6 Å². The molecule has 0 aliphatic heterocycles. The lowest BCUT2D eigenvalue weighted by atomic mass is 10.1. The maximum absolute atomic E-state index is 12.3. The van der Waals surface area contributed by atoms with Crippen molar-refractivity contribution in [3.63, 3.8) is 0 Å². The van der Waals surface area contributed by atoms with Crippen LogP contribution in [0.15, 0.2) is 47.8 Å². The monoisotopic (exact) mass is 387 g/mol. The van der Waals surface area contributed by atoms with Crippen LogP contribution in [0.3, 0.4) is 0 Å². The summed E-state index contributed by atoms with van der Waals surface area (Å²) < 4.78 is 0. The highest BCUT2D eigenvalue weighted by molar-refractivity contribution is 7.13. The quantitative estimate of drug-likeness (QED) is 0.511. The fourth-order valence-electron chi connectivity index (χ4n) is 2.44. The molecule has 3 aromatic rings. The van der Waals surface area contributed by atoms with Gasteiger partial charge in [0.1, 0.15) is 10.6 Å². The van der Waals surface area contributed by atoms with Crippen LogP contribution in [0.2, 0.25) is 5.02 Å². The van der Waals surface area contributed by atoms with Gasteiger partial charge in [-0.2, -0.15) is 0 Å². The van der Waals surface area contributed by atoms with Gasteiger partial charge in [-0.3, -0.25) is 14.9 Å². The second-order valence-electron chi connectivity index (χ2n) is 5.56. The normalized spacial score (nSPS) is 10.5. The lowest BCUT2D eigenvalue weighted by molar-refractivity contribution is -0.385. The molecule has 8 heteroatoms. The van der Waals surface area contributed by atoms with Crippen molar-refractivity contribution in [1.82, 2.24) is 10.3 Å². The molecule has 0 saturated heterocycles. The van der Waals surface area contributed by atoms with E-state index in [9.17, 15) is 14.9 Å². The molecular formula is C18H14ClN3O3S. The Bertz CT molecular complexity index is 987. The summed E-state index contributed by atoms with van der Waals surface area (Å²) in [4.78, 5) is 27.3. The maximum Gasteiger partial charge on any atom is 0.283 e. The van der Waals surface area contributed by atoms with Crippen molar-refractivity contribution < 1.29 is 9.72 Å². The van der Waals surface area contributed by atoms with Gasteiger partial charge in [-0.15, -0.1) is 11.3 Å². The summed E-state index contributed by atoms with van der Waals surface area (Å²) in [5.74, 6) is -0.543. The van der Waals surface area contributed by atoms with Crippen LogP contribution < -0.4 is 5.32 Å². The van der Waals surface area contributed by atoms with Gasteiger partial charge >= 0.3 is 0 Å². The van der Waals surface area contributed by atoms with Crippen molar-refractivity contribution in [2.45, 2.75) is 13.5 Å². The van der Waals surface area contributed by atoms with Crippen molar-refractivity contribution in [2.24, 2.45) is 0 Å². The number of thiazole rings is 1. The first-order valence-corrected chi connectivity index (χ1v) is 8.94. The van der Waals surface area contributed by atoms with Gasteiger partial charge in [0, 0.05) is 22.0 Å². The van der Waals surface area contributed by atoms with E-state index in [1.165, 1.54) is 23.5 Å². The summed E-state index contributed by atoms with van der Waals surface area (Å²) in [5.41, 5.74) is 2.50. The minimum atomic E-state index is -0.625. The molecule has 1 heterocycles. The molecule has 132 valence electrons. The number of carbonyl (C=O) groups excluding carboxylic acids is 1. The highest BCUT2D eigenvalue weighted by Crippen LogP contribution is 2.27. The number of halogens is 1. The number of aromatic nitrogens is 1. The Balaban J connectivity index is 1.73. The molecule has 6 nitrogen and oxygen atoms in total. The Morgan fingerprint density at radius 1 is 1.31 bits per heavy atom. The van der Waals surface area contributed by atoms with E-state index in [0.717, 1.165) is 22.2 Å². The third-order valence-corrected chi connectivity index (χ3v) is 4.92. The molecular weight excluding hydrogens is 374 g/mol. The molecule has 0 radical (unpaired) electrons. The van der Waals surface area contributed by atoms with Crippen LogP contribution in [0.4, 0.5) is 5.69 Å². The third kappa shape index (κ3) is 3.89. The lowest BCUT2D eigenvalue weighted by Crippen LogP contribution is -2.23. The Hall–Kier alpha value is -2.77. The van der Waals surface area contributed by atoms with E-state index in [0.29, 0.717) is 5.69 Å². The average molecular weight is 388 g/mol. The number of hydrogen-bond acceptors (Lipinski definition) is 5. The Kier molecular flexibility index (Phi) is 5.29. The van der Waals surface area contributed by atoms with Crippen molar-refractivity contribution >= 4 is 34.5 Å². The SMILES string of the molecule is Cc1ccccc1-c1nc(CNC(=O)c2ccc(Cl)cc2[N+](=O)[O-])cs1. The fraction of sp³-hybridized carbons (Fsp3) is 0.111. The van der Waals surface area contributed by atoms with E-state index in [-0.39, 0.29) is 22.8 Å². The summed E-state index contributed by atoms with van der Waals surface area (Å²) in [6.07, 6.45) is 0. The summed E-state index contributed by atoms with van der Waals surface area (Å²) in [6.45, 7) is 2.19. The number of nitro groups is 1. The lowest BCUT2D eigenvalue weighted by Gasteiger charge is -2.05. The van der Waals surface area contributed by atoms with Crippen molar-refractivity contribution in [3.05, 3.63) is 79.8 Å². The number of aryl methyl sites for hydroxylation is 1. The molecule has 1 amide bonds. The highest BCUT2D eigenvalue weighted by Gasteiger charge is 2.20. The molecule has 0 saturated carbocycles. The molecule has 1 N–H and O–H groups in total. The summed E-state index contributed by atoms with van der Waals surface area (Å²) >= 11 is 7.25. The highest BCUT2D eigenvalue weighted by atomic mass is 35.5. The zero-order valence-corrected chi connectivity index (χ0v) is 15.3. The average Bonchev–Trinajstić information content (AvgIpc) is 3.08. The molecule has 0 spiro atoms. The van der Waals surface area contributed by atoms with Crippen LogP contribution in [0.25, 0.3) is 10.6 Å². The Morgan fingerprint density at radius 3 is 2.81 bits per heavy atom. The van der Waals surface area contributed by atoms with Gasteiger partial charge in [0.2, 0.25) is 0 Å². The van der Waals surface area contributed by atoms with Gasteiger partial charge < -0.3 is 5.32 Å². The second-order valence-corrected chi connectivity index (χ2v) is 6.85. The molecule has 26 heavy (non-hydrogen) atoms. The molecule has 0 bridgehead atoms. The minimum Gasteiger partial charge on any atom is -0.346 e. The first kappa shape index (κ1) is 18.0. The van der Waals surface area contributed by atoms with Gasteiger partial charge in [-0.1, -0.05) is 35.9 Å². The molecule has 1 aromatic heterocycles. The molecule has 0 unspecified atom stereocenters. The number of amides is 1. The Labute approximate surface area is 158 Å². The fourth-order valence-corrected chi connectivity index (χ4v) is 3.51. The minimum absolute atomic E-state index is 0.0336. The summed E-state index contributed by atoms with van der Waals surface area (Å²) in [5, 5.41) is 16.7. The second kappa shape index (κ2) is 7.63. The zero-order valence-electron chi connectivity index (χ0n) is 13.7. The number of benzene rings is 2. The first-order valence-electron chi connectivity index (χ1n) is 7.68. The zero-order chi connectivity index (χ0) is 18.7. The predicted octanol–water partition coefficient (Wildman–Crippen LogP) is 4.61. The maximum atomic E-state index is 12.3. The molecule has 0 atom stereocenters. The standard InChI is InChI=1S/C18H14ClN3O3S/c1-11-4-2-3-5-14(11)18-21-13(10-26-18)9-20-17(23)15-7-6-12(19)8-16(15)22(24)25/h2-8,10H,9H2,1H3,(H,20,23). The predicted molar refractivity (Wildman–Crippen MR) is 102 cm³/mol. The van der Waals surface area contributed by atoms with E-state index in [1.807, 2.05) is 36.6 Å². The van der Waals surface area contributed by atoms with E-state index in [4.69, 9.17) is 11.6 Å². The topological polar surface area (TPSA) is 85.1 Å². The number of carbonyl (C=O) groups is 1. The summed E-state index contributed by atoms with van der Waals surface area (Å²) in [6, 6.07) is 11.9. The van der Waals surface area contributed by atoms with Crippen molar-refractivity contribution in [1.29, 1.82) is 0 Å². The number of hydrogen-bond donors (Lipinski definition) is 1. The van der Waals surface area contributed by atoms with E-state index < -0.39 is 10.8 Å². The van der Waals surface area contributed by atoms with E-state index in [2.05, 4.69) is 10.3 Å². The number of rotatable bonds is 5. The smallest absolute Gasteiger partial charge is 0.283 e. The van der Waals surface area contributed by atoms with E-state index >= 15 is 0 Å². The summed E-state index contributed by atoms with van der Waals surface area (Å²) in [7, 11) is 0. The van der Waals surface area contributed by atoms with Crippen LogP contribution >= 0.6 is 22.9 Å². The molecule has 0 fully saturated rings.